The quantitative estimate of drug-likeness (QED) is 0.868. The molecule has 20 heavy (non-hydrogen) atoms. The first-order valence-corrected chi connectivity index (χ1v) is 6.61. The molecule has 2 rings (SSSR count). The minimum Gasteiger partial charge on any atom is -0.465 e. The van der Waals surface area contributed by atoms with Gasteiger partial charge in [0.05, 0.1) is 30.6 Å². The standard InChI is InChI=1S/C14H12BrFN2O2/c1-20-14(19)9-2-4-11(17-7-9)8-18-13-6-10(15)3-5-12(13)16/h2-7,18H,8H2,1H3. The Kier molecular flexibility index (Phi) is 4.68. The Morgan fingerprint density at radius 3 is 2.85 bits per heavy atom. The smallest absolute Gasteiger partial charge is 0.339 e. The molecule has 0 unspecified atom stereocenters. The molecular formula is C14H12BrFN2O2. The Bertz CT molecular complexity index is 617. The van der Waals surface area contributed by atoms with Gasteiger partial charge in [-0.2, -0.15) is 0 Å². The monoisotopic (exact) mass is 338 g/mol. The Balaban J connectivity index is 2.04. The number of methoxy groups -OCH3 is 1. The summed E-state index contributed by atoms with van der Waals surface area (Å²) >= 11 is 3.28. The molecule has 1 N–H and O–H groups in total. The zero-order chi connectivity index (χ0) is 14.5. The van der Waals surface area contributed by atoms with Gasteiger partial charge in [0, 0.05) is 10.7 Å². The van der Waals surface area contributed by atoms with Gasteiger partial charge in [-0.1, -0.05) is 15.9 Å². The summed E-state index contributed by atoms with van der Waals surface area (Å²) in [4.78, 5) is 15.4. The number of nitrogens with zero attached hydrogens (tertiary/aromatic N) is 1. The molecule has 0 amide bonds. The molecule has 0 bridgehead atoms. The van der Waals surface area contributed by atoms with Gasteiger partial charge < -0.3 is 10.1 Å². The molecule has 4 nitrogen and oxygen atoms in total. The summed E-state index contributed by atoms with van der Waals surface area (Å²) < 4.78 is 18.9. The fraction of sp³-hybridized carbons (Fsp3) is 0.143. The molecular weight excluding hydrogens is 327 g/mol. The van der Waals surface area contributed by atoms with E-state index in [4.69, 9.17) is 0 Å². The highest BCUT2D eigenvalue weighted by Crippen LogP contribution is 2.20. The van der Waals surface area contributed by atoms with Crippen LogP contribution >= 0.6 is 15.9 Å². The van der Waals surface area contributed by atoms with E-state index in [-0.39, 0.29) is 5.82 Å². The van der Waals surface area contributed by atoms with Crippen LogP contribution in [0, 0.1) is 5.82 Å². The Morgan fingerprint density at radius 2 is 2.20 bits per heavy atom. The van der Waals surface area contributed by atoms with Gasteiger partial charge in [-0.3, -0.25) is 4.98 Å². The van der Waals surface area contributed by atoms with Crippen LogP contribution in [0.2, 0.25) is 0 Å². The number of carbonyl (C=O) groups is 1. The van der Waals surface area contributed by atoms with Gasteiger partial charge in [-0.05, 0) is 30.3 Å². The summed E-state index contributed by atoms with van der Waals surface area (Å²) in [7, 11) is 1.31. The predicted molar refractivity (Wildman–Crippen MR) is 77.0 cm³/mol. The summed E-state index contributed by atoms with van der Waals surface area (Å²) in [6, 6.07) is 7.96. The van der Waals surface area contributed by atoms with Crippen LogP contribution < -0.4 is 5.32 Å². The number of esters is 1. The van der Waals surface area contributed by atoms with Crippen LogP contribution in [0.1, 0.15) is 16.1 Å². The predicted octanol–water partition coefficient (Wildman–Crippen LogP) is 3.38. The van der Waals surface area contributed by atoms with Crippen LogP contribution in [-0.2, 0) is 11.3 Å². The third-order valence-electron chi connectivity index (χ3n) is 2.63. The maximum atomic E-state index is 13.5. The SMILES string of the molecule is COC(=O)c1ccc(CNc2cc(Br)ccc2F)nc1. The summed E-state index contributed by atoms with van der Waals surface area (Å²) in [5, 5.41) is 2.95. The van der Waals surface area contributed by atoms with E-state index in [0.29, 0.717) is 23.5 Å². The molecule has 0 saturated heterocycles. The van der Waals surface area contributed by atoms with Gasteiger partial charge >= 0.3 is 5.97 Å². The molecule has 0 aliphatic rings. The van der Waals surface area contributed by atoms with Crippen molar-refractivity contribution in [3.63, 3.8) is 0 Å². The molecule has 0 saturated carbocycles. The lowest BCUT2D eigenvalue weighted by Gasteiger charge is -2.08. The molecule has 0 radical (unpaired) electrons. The maximum Gasteiger partial charge on any atom is 0.339 e. The minimum absolute atomic E-state index is 0.334. The van der Waals surface area contributed by atoms with E-state index < -0.39 is 5.97 Å². The normalized spacial score (nSPS) is 10.2. The first kappa shape index (κ1) is 14.5. The number of ether oxygens (including phenoxy) is 1. The van der Waals surface area contributed by atoms with E-state index in [0.717, 1.165) is 4.47 Å². The van der Waals surface area contributed by atoms with Crippen LogP contribution in [0.4, 0.5) is 10.1 Å². The zero-order valence-electron chi connectivity index (χ0n) is 10.7. The van der Waals surface area contributed by atoms with E-state index >= 15 is 0 Å². The number of hydrogen-bond acceptors (Lipinski definition) is 4. The average molecular weight is 339 g/mol. The fourth-order valence-corrected chi connectivity index (χ4v) is 1.95. The van der Waals surface area contributed by atoms with Crippen molar-refractivity contribution in [1.29, 1.82) is 0 Å². The van der Waals surface area contributed by atoms with Crippen LogP contribution in [-0.4, -0.2) is 18.1 Å². The lowest BCUT2D eigenvalue weighted by atomic mass is 10.2. The third-order valence-corrected chi connectivity index (χ3v) is 3.13. The summed E-state index contributed by atoms with van der Waals surface area (Å²) in [6.07, 6.45) is 1.43. The lowest BCUT2D eigenvalue weighted by molar-refractivity contribution is 0.0600. The summed E-state index contributed by atoms with van der Waals surface area (Å²) in [5.74, 6) is -0.769. The summed E-state index contributed by atoms with van der Waals surface area (Å²) in [6.45, 7) is 0.356. The molecule has 1 aromatic heterocycles. The first-order chi connectivity index (χ1) is 9.60. The molecule has 0 spiro atoms. The highest BCUT2D eigenvalue weighted by atomic mass is 79.9. The molecule has 104 valence electrons. The average Bonchev–Trinajstić information content (AvgIpc) is 2.48. The van der Waals surface area contributed by atoms with Crippen LogP contribution in [0.5, 0.6) is 0 Å². The maximum absolute atomic E-state index is 13.5. The van der Waals surface area contributed by atoms with Crippen LogP contribution in [0.3, 0.4) is 0 Å². The molecule has 0 fully saturated rings. The van der Waals surface area contributed by atoms with Crippen molar-refractivity contribution in [3.8, 4) is 0 Å². The number of aromatic nitrogens is 1. The number of benzene rings is 1. The van der Waals surface area contributed by atoms with Gasteiger partial charge in [0.2, 0.25) is 0 Å². The molecule has 6 heteroatoms. The molecule has 0 aliphatic carbocycles. The number of anilines is 1. The van der Waals surface area contributed by atoms with Crippen molar-refractivity contribution in [2.45, 2.75) is 6.54 Å². The molecule has 0 atom stereocenters. The lowest BCUT2D eigenvalue weighted by Crippen LogP contribution is -2.06. The van der Waals surface area contributed by atoms with Gasteiger partial charge in [-0.15, -0.1) is 0 Å². The van der Waals surface area contributed by atoms with Crippen molar-refractivity contribution < 1.29 is 13.9 Å². The topological polar surface area (TPSA) is 51.2 Å². The summed E-state index contributed by atoms with van der Waals surface area (Å²) in [5.41, 5.74) is 1.46. The number of nitrogens with one attached hydrogen (secondary N) is 1. The van der Waals surface area contributed by atoms with Gasteiger partial charge in [0.15, 0.2) is 0 Å². The van der Waals surface area contributed by atoms with E-state index in [1.807, 2.05) is 0 Å². The minimum atomic E-state index is -0.435. The number of pyridine rings is 1. The molecule has 1 heterocycles. The third kappa shape index (κ3) is 3.54. The van der Waals surface area contributed by atoms with Crippen molar-refractivity contribution in [2.75, 3.05) is 12.4 Å². The Morgan fingerprint density at radius 1 is 1.40 bits per heavy atom. The highest BCUT2D eigenvalue weighted by molar-refractivity contribution is 9.10. The number of halogens is 2. The molecule has 1 aromatic carbocycles. The highest BCUT2D eigenvalue weighted by Gasteiger charge is 2.06. The number of carbonyl (C=O) groups excluding carboxylic acids is 1. The van der Waals surface area contributed by atoms with Crippen molar-refractivity contribution in [1.82, 2.24) is 4.98 Å². The Labute approximate surface area is 124 Å². The largest absolute Gasteiger partial charge is 0.465 e. The first-order valence-electron chi connectivity index (χ1n) is 5.82. The van der Waals surface area contributed by atoms with Crippen LogP contribution in [0.15, 0.2) is 41.0 Å². The van der Waals surface area contributed by atoms with Gasteiger partial charge in [0.1, 0.15) is 5.82 Å². The van der Waals surface area contributed by atoms with E-state index in [2.05, 4.69) is 31.0 Å². The second-order valence-electron chi connectivity index (χ2n) is 4.01. The van der Waals surface area contributed by atoms with Crippen molar-refractivity contribution >= 4 is 27.6 Å². The number of hydrogen-bond donors (Lipinski definition) is 1. The molecule has 0 aliphatic heterocycles. The van der Waals surface area contributed by atoms with E-state index in [9.17, 15) is 9.18 Å². The van der Waals surface area contributed by atoms with Crippen LogP contribution in [0.25, 0.3) is 0 Å². The fourth-order valence-electron chi connectivity index (χ4n) is 1.59. The van der Waals surface area contributed by atoms with Gasteiger partial charge in [0.25, 0.3) is 0 Å². The van der Waals surface area contributed by atoms with Crippen molar-refractivity contribution in [2.24, 2.45) is 0 Å². The second-order valence-corrected chi connectivity index (χ2v) is 4.92. The van der Waals surface area contributed by atoms with Crippen molar-refractivity contribution in [3.05, 3.63) is 58.1 Å². The van der Waals surface area contributed by atoms with E-state index in [1.54, 1.807) is 24.3 Å². The second kappa shape index (κ2) is 6.47. The zero-order valence-corrected chi connectivity index (χ0v) is 12.3. The number of rotatable bonds is 4. The Hall–Kier alpha value is -1.95. The van der Waals surface area contributed by atoms with E-state index in [1.165, 1.54) is 19.4 Å². The molecule has 2 aromatic rings. The van der Waals surface area contributed by atoms with Gasteiger partial charge in [-0.25, -0.2) is 9.18 Å².